The Bertz CT molecular complexity index is 1480. The average Bonchev–Trinajstić information content (AvgIpc) is 3.57. The number of halogens is 1. The predicted molar refractivity (Wildman–Crippen MR) is 167 cm³/mol. The van der Waals surface area contributed by atoms with Gasteiger partial charge in [-0.25, -0.2) is 0 Å². The van der Waals surface area contributed by atoms with Crippen molar-refractivity contribution in [3.05, 3.63) is 102 Å². The van der Waals surface area contributed by atoms with Crippen molar-refractivity contribution in [2.24, 2.45) is 11.8 Å². The molecule has 0 radical (unpaired) electrons. The van der Waals surface area contributed by atoms with Crippen LogP contribution in [0.3, 0.4) is 0 Å². The van der Waals surface area contributed by atoms with Crippen LogP contribution in [-0.4, -0.2) is 34.9 Å². The van der Waals surface area contributed by atoms with Gasteiger partial charge in [0.1, 0.15) is 11.8 Å². The fourth-order valence-corrected chi connectivity index (χ4v) is 6.95. The van der Waals surface area contributed by atoms with Crippen LogP contribution >= 0.6 is 23.8 Å². The van der Waals surface area contributed by atoms with Gasteiger partial charge in [0.2, 0.25) is 0 Å². The molecule has 1 N–H and O–H groups in total. The zero-order chi connectivity index (χ0) is 27.8. The van der Waals surface area contributed by atoms with Gasteiger partial charge < -0.3 is 24.4 Å². The first-order valence-corrected chi connectivity index (χ1v) is 14.6. The third-order valence-corrected chi connectivity index (χ3v) is 8.57. The average molecular weight is 572 g/mol. The smallest absolute Gasteiger partial charge is 0.174 e. The third-order valence-electron chi connectivity index (χ3n) is 7.95. The van der Waals surface area contributed by atoms with E-state index < -0.39 is 0 Å². The molecule has 8 heteroatoms. The van der Waals surface area contributed by atoms with Gasteiger partial charge in [-0.1, -0.05) is 31.5 Å². The second kappa shape index (κ2) is 11.1. The Morgan fingerprint density at radius 3 is 2.38 bits per heavy atom. The number of thiocarbonyl (C=S) groups is 1. The second-order valence-electron chi connectivity index (χ2n) is 11.0. The van der Waals surface area contributed by atoms with Crippen LogP contribution in [0.4, 0.5) is 11.4 Å². The van der Waals surface area contributed by atoms with Crippen LogP contribution in [0.5, 0.6) is 5.75 Å². The van der Waals surface area contributed by atoms with Gasteiger partial charge in [-0.3, -0.25) is 4.98 Å². The summed E-state index contributed by atoms with van der Waals surface area (Å²) in [5, 5.41) is 4.96. The standard InChI is InChI=1S/C32H34ClN5OS/c1-21-17-22(2)20-36(19-21)28-14-11-24(18-26(28)33)38-31(30(35-32(38)40)27-7-4-5-15-34-27)29-8-6-16-37(29)23-9-12-25(39-3)13-10-23/h4-16,18,21-22,30-31H,17,19-20H2,1-3H3,(H,35,40)/t21-,22-,30-,31+/m0/s1. The molecule has 2 aliphatic heterocycles. The van der Waals surface area contributed by atoms with Crippen LogP contribution in [0.2, 0.25) is 5.02 Å². The van der Waals surface area contributed by atoms with Crippen molar-refractivity contribution in [2.75, 3.05) is 30.0 Å². The first kappa shape index (κ1) is 26.7. The van der Waals surface area contributed by atoms with Crippen molar-refractivity contribution in [3.8, 4) is 11.4 Å². The normalized spacial score (nSPS) is 22.9. The summed E-state index contributed by atoms with van der Waals surface area (Å²) in [6.07, 6.45) is 5.17. The molecular formula is C32H34ClN5OS. The van der Waals surface area contributed by atoms with E-state index in [0.29, 0.717) is 16.9 Å². The molecular weight excluding hydrogens is 538 g/mol. The molecule has 4 atom stereocenters. The Hall–Kier alpha value is -3.55. The van der Waals surface area contributed by atoms with E-state index in [0.717, 1.165) is 52.3 Å². The van der Waals surface area contributed by atoms with Gasteiger partial charge in [0.15, 0.2) is 5.11 Å². The largest absolute Gasteiger partial charge is 0.497 e. The highest BCUT2D eigenvalue weighted by atomic mass is 35.5. The third kappa shape index (κ3) is 5.04. The Labute approximate surface area is 246 Å². The maximum atomic E-state index is 7.00. The summed E-state index contributed by atoms with van der Waals surface area (Å²) >= 11 is 13.0. The van der Waals surface area contributed by atoms with Crippen molar-refractivity contribution in [3.63, 3.8) is 0 Å². The minimum absolute atomic E-state index is 0.150. The summed E-state index contributed by atoms with van der Waals surface area (Å²) in [6, 6.07) is 24.4. The van der Waals surface area contributed by atoms with Crippen LogP contribution in [0, 0.1) is 11.8 Å². The summed E-state index contributed by atoms with van der Waals surface area (Å²) in [7, 11) is 1.68. The Kier molecular flexibility index (Phi) is 7.43. The first-order valence-electron chi connectivity index (χ1n) is 13.8. The molecule has 4 heterocycles. The quantitative estimate of drug-likeness (QED) is 0.247. The summed E-state index contributed by atoms with van der Waals surface area (Å²) in [5.74, 6) is 2.11. The van der Waals surface area contributed by atoms with Crippen molar-refractivity contribution in [1.82, 2.24) is 14.9 Å². The maximum Gasteiger partial charge on any atom is 0.174 e. The first-order chi connectivity index (χ1) is 19.4. The number of piperidine rings is 1. The highest BCUT2D eigenvalue weighted by Crippen LogP contribution is 2.44. The van der Waals surface area contributed by atoms with Gasteiger partial charge in [-0.05, 0) is 97.2 Å². The Morgan fingerprint density at radius 2 is 1.70 bits per heavy atom. The van der Waals surface area contributed by atoms with Gasteiger partial charge in [-0.15, -0.1) is 0 Å². The minimum Gasteiger partial charge on any atom is -0.497 e. The Morgan fingerprint density at radius 1 is 0.950 bits per heavy atom. The van der Waals surface area contributed by atoms with E-state index in [1.165, 1.54) is 6.42 Å². The molecule has 0 aliphatic carbocycles. The number of rotatable bonds is 6. The summed E-state index contributed by atoms with van der Waals surface area (Å²) in [5.41, 5.74) is 5.10. The maximum absolute atomic E-state index is 7.00. The van der Waals surface area contributed by atoms with Gasteiger partial charge in [0, 0.05) is 42.6 Å². The van der Waals surface area contributed by atoms with Crippen LogP contribution in [0.25, 0.3) is 5.69 Å². The predicted octanol–water partition coefficient (Wildman–Crippen LogP) is 7.19. The number of nitrogens with zero attached hydrogens (tertiary/aromatic N) is 4. The summed E-state index contributed by atoms with van der Waals surface area (Å²) in [4.78, 5) is 9.31. The molecule has 206 valence electrons. The van der Waals surface area contributed by atoms with E-state index in [1.807, 2.05) is 36.5 Å². The second-order valence-corrected chi connectivity index (χ2v) is 11.8. The zero-order valence-corrected chi connectivity index (χ0v) is 24.6. The van der Waals surface area contributed by atoms with Crippen LogP contribution < -0.4 is 19.9 Å². The van der Waals surface area contributed by atoms with Gasteiger partial charge >= 0.3 is 0 Å². The number of nitrogens with one attached hydrogen (secondary N) is 1. The van der Waals surface area contributed by atoms with Crippen LogP contribution in [0.15, 0.2) is 85.2 Å². The number of hydrogen-bond acceptors (Lipinski definition) is 4. The van der Waals surface area contributed by atoms with Crippen molar-refractivity contribution >= 4 is 40.3 Å². The number of ether oxygens (including phenoxy) is 1. The molecule has 0 saturated carbocycles. The molecule has 2 aliphatic rings. The van der Waals surface area contributed by atoms with Crippen molar-refractivity contribution < 1.29 is 4.74 Å². The lowest BCUT2D eigenvalue weighted by Gasteiger charge is -2.37. The number of aromatic nitrogens is 2. The Balaban J connectivity index is 1.41. The SMILES string of the molecule is COc1ccc(-n2cccc2[C@@H]2[C@H](c3ccccn3)NC(=S)N2c2ccc(N3C[C@@H](C)C[C@H](C)C3)c(Cl)c2)cc1. The minimum atomic E-state index is -0.156. The topological polar surface area (TPSA) is 45.6 Å². The molecule has 0 bridgehead atoms. The zero-order valence-electron chi connectivity index (χ0n) is 23.0. The van der Waals surface area contributed by atoms with Crippen molar-refractivity contribution in [2.45, 2.75) is 32.4 Å². The number of hydrogen-bond donors (Lipinski definition) is 1. The molecule has 6 nitrogen and oxygen atoms in total. The summed E-state index contributed by atoms with van der Waals surface area (Å²) in [6.45, 7) is 6.68. The van der Waals surface area contributed by atoms with E-state index in [-0.39, 0.29) is 12.1 Å². The number of methoxy groups -OCH3 is 1. The number of benzene rings is 2. The monoisotopic (exact) mass is 571 g/mol. The van der Waals surface area contributed by atoms with Gasteiger partial charge in [0.25, 0.3) is 0 Å². The highest BCUT2D eigenvalue weighted by molar-refractivity contribution is 7.80. The van der Waals surface area contributed by atoms with E-state index in [9.17, 15) is 0 Å². The fourth-order valence-electron chi connectivity index (χ4n) is 6.31. The van der Waals surface area contributed by atoms with Gasteiger partial charge in [-0.2, -0.15) is 0 Å². The molecule has 0 spiro atoms. The number of pyridine rings is 1. The molecule has 2 saturated heterocycles. The molecule has 2 aromatic carbocycles. The van der Waals surface area contributed by atoms with Crippen molar-refractivity contribution in [1.29, 1.82) is 0 Å². The lowest BCUT2D eigenvalue weighted by atomic mass is 9.91. The molecule has 4 aromatic rings. The molecule has 40 heavy (non-hydrogen) atoms. The van der Waals surface area contributed by atoms with Gasteiger partial charge in [0.05, 0.1) is 29.6 Å². The van der Waals surface area contributed by atoms with Crippen LogP contribution in [-0.2, 0) is 0 Å². The highest BCUT2D eigenvalue weighted by Gasteiger charge is 2.42. The fraction of sp³-hybridized carbons (Fsp3) is 0.312. The number of anilines is 2. The summed E-state index contributed by atoms with van der Waals surface area (Å²) < 4.78 is 7.59. The lowest BCUT2D eigenvalue weighted by molar-refractivity contribution is 0.357. The van der Waals surface area contributed by atoms with E-state index in [4.69, 9.17) is 33.5 Å². The molecule has 6 rings (SSSR count). The van der Waals surface area contributed by atoms with E-state index >= 15 is 0 Å². The lowest BCUT2D eigenvalue weighted by Crippen LogP contribution is -2.38. The molecule has 0 amide bonds. The van der Waals surface area contributed by atoms with E-state index in [2.05, 4.69) is 82.2 Å². The molecule has 2 fully saturated rings. The molecule has 0 unspecified atom stereocenters. The van der Waals surface area contributed by atoms with Crippen LogP contribution in [0.1, 0.15) is 43.7 Å². The van der Waals surface area contributed by atoms with E-state index in [1.54, 1.807) is 7.11 Å². The molecule has 2 aromatic heterocycles.